The van der Waals surface area contributed by atoms with E-state index in [0.29, 0.717) is 21.8 Å². The van der Waals surface area contributed by atoms with Crippen molar-refractivity contribution < 1.29 is 4.74 Å². The third-order valence-corrected chi connectivity index (χ3v) is 5.12. The molecule has 0 amide bonds. The Hall–Kier alpha value is -2.20. The highest BCUT2D eigenvalue weighted by molar-refractivity contribution is 9.10. The van der Waals surface area contributed by atoms with Crippen LogP contribution in [0.1, 0.15) is 0 Å². The van der Waals surface area contributed by atoms with Gasteiger partial charge in [0, 0.05) is 11.1 Å². The second-order valence-corrected chi connectivity index (χ2v) is 8.04. The monoisotopic (exact) mass is 554 g/mol. The first-order valence-electron chi connectivity index (χ1n) is 8.09. The fourth-order valence-electron chi connectivity index (χ4n) is 2.36. The molecule has 1 aromatic carbocycles. The first-order chi connectivity index (χ1) is 14.0. The van der Waals surface area contributed by atoms with Gasteiger partial charge in [0.15, 0.2) is 11.3 Å². The number of nitrogens with zero attached hydrogens (tertiary/aromatic N) is 6. The van der Waals surface area contributed by atoms with Gasteiger partial charge in [-0.25, -0.2) is 19.0 Å². The van der Waals surface area contributed by atoms with E-state index in [1.165, 1.54) is 0 Å². The molecule has 0 saturated carbocycles. The van der Waals surface area contributed by atoms with Crippen LogP contribution in [-0.2, 0) is 0 Å². The maximum absolute atomic E-state index is 5.89. The van der Waals surface area contributed by atoms with Crippen molar-refractivity contribution in [1.82, 2.24) is 29.2 Å². The smallest absolute Gasteiger partial charge is 0.237 e. The Morgan fingerprint density at radius 3 is 2.14 bits per heavy atom. The van der Waals surface area contributed by atoms with E-state index in [0.717, 1.165) is 20.5 Å². The quantitative estimate of drug-likeness (QED) is 0.263. The van der Waals surface area contributed by atoms with Gasteiger partial charge in [0.25, 0.3) is 0 Å². The van der Waals surface area contributed by atoms with Crippen LogP contribution in [0.25, 0.3) is 11.3 Å². The molecule has 0 aliphatic rings. The van der Waals surface area contributed by atoms with E-state index in [1.54, 1.807) is 51.8 Å². The van der Waals surface area contributed by atoms with Crippen molar-refractivity contribution >= 4 is 66.4 Å². The molecule has 0 unspecified atom stereocenters. The van der Waals surface area contributed by atoms with Crippen LogP contribution in [0.2, 0.25) is 10.2 Å². The summed E-state index contributed by atoms with van der Waals surface area (Å²) in [5.41, 5.74) is 1.53. The van der Waals surface area contributed by atoms with Crippen molar-refractivity contribution in [1.29, 1.82) is 0 Å². The Bertz CT molecular complexity index is 1310. The number of benzene rings is 1. The minimum atomic E-state index is 0.455. The lowest BCUT2D eigenvalue weighted by molar-refractivity contribution is 0.452. The van der Waals surface area contributed by atoms with E-state index < -0.39 is 0 Å². The second-order valence-electron chi connectivity index (χ2n) is 5.59. The highest BCUT2D eigenvalue weighted by Crippen LogP contribution is 2.23. The third kappa shape index (κ3) is 4.69. The third-order valence-electron chi connectivity index (χ3n) is 3.60. The summed E-state index contributed by atoms with van der Waals surface area (Å²) in [4.78, 5) is 8.21. The van der Waals surface area contributed by atoms with Crippen LogP contribution in [-0.4, -0.2) is 29.2 Å². The number of hydrogen-bond donors (Lipinski definition) is 0. The van der Waals surface area contributed by atoms with Gasteiger partial charge in [0.05, 0.1) is 12.4 Å². The van der Waals surface area contributed by atoms with Gasteiger partial charge in [0.2, 0.25) is 5.88 Å². The molecule has 0 radical (unpaired) electrons. The fourth-order valence-corrected chi connectivity index (χ4v) is 3.40. The average Bonchev–Trinajstić information content (AvgIpc) is 3.25. The zero-order chi connectivity index (χ0) is 20.4. The van der Waals surface area contributed by atoms with Crippen molar-refractivity contribution in [2.45, 2.75) is 0 Å². The van der Waals surface area contributed by atoms with Crippen molar-refractivity contribution in [2.24, 2.45) is 0 Å². The first-order valence-corrected chi connectivity index (χ1v) is 10.4. The highest BCUT2D eigenvalue weighted by atomic mass is 79.9. The van der Waals surface area contributed by atoms with Gasteiger partial charge in [0.1, 0.15) is 20.1 Å². The van der Waals surface area contributed by atoms with Crippen LogP contribution in [0.3, 0.4) is 0 Å². The van der Waals surface area contributed by atoms with E-state index in [-0.39, 0.29) is 0 Å². The summed E-state index contributed by atoms with van der Waals surface area (Å²) >= 11 is 18.2. The Labute approximate surface area is 191 Å². The van der Waals surface area contributed by atoms with Gasteiger partial charge >= 0.3 is 0 Å². The summed E-state index contributed by atoms with van der Waals surface area (Å²) in [6, 6.07) is 14.3. The van der Waals surface area contributed by atoms with Crippen LogP contribution in [0.4, 0.5) is 0 Å². The van der Waals surface area contributed by atoms with Gasteiger partial charge in [-0.1, -0.05) is 29.3 Å². The molecule has 0 atom stereocenters. The summed E-state index contributed by atoms with van der Waals surface area (Å²) in [6.45, 7) is 0. The molecule has 5 aromatic rings. The molecular weight excluding hydrogens is 547 g/mol. The molecule has 0 N–H and O–H groups in total. The second kappa shape index (κ2) is 8.66. The van der Waals surface area contributed by atoms with Crippen molar-refractivity contribution in [3.8, 4) is 11.6 Å². The van der Waals surface area contributed by atoms with Crippen molar-refractivity contribution in [2.75, 3.05) is 0 Å². The number of rotatable bonds is 2. The topological polar surface area (TPSA) is 69.6 Å². The van der Waals surface area contributed by atoms with Gasteiger partial charge < -0.3 is 4.74 Å². The fraction of sp³-hybridized carbons (Fsp3) is 0. The predicted octanol–water partition coefficient (Wildman–Crippen LogP) is 6.08. The molecule has 0 aliphatic carbocycles. The lowest BCUT2D eigenvalue weighted by atomic mass is 10.3. The molecule has 146 valence electrons. The first kappa shape index (κ1) is 20.1. The van der Waals surface area contributed by atoms with Crippen molar-refractivity contribution in [3.05, 3.63) is 80.3 Å². The minimum absolute atomic E-state index is 0.455. The zero-order valence-electron chi connectivity index (χ0n) is 14.4. The molecule has 4 aromatic heterocycles. The zero-order valence-corrected chi connectivity index (χ0v) is 19.1. The SMILES string of the molecule is Clc1ccc2ncc(Br)n2n1.Clc1cccc(Oc2ccc3ncc(Br)n3n2)c1. The summed E-state index contributed by atoms with van der Waals surface area (Å²) in [5, 5.41) is 9.39. The molecule has 0 saturated heterocycles. The van der Waals surface area contributed by atoms with Crippen LogP contribution in [0, 0.1) is 0 Å². The summed E-state index contributed by atoms with van der Waals surface area (Å²) in [6.07, 6.45) is 3.37. The van der Waals surface area contributed by atoms with E-state index in [1.807, 2.05) is 18.2 Å². The number of hydrogen-bond acceptors (Lipinski definition) is 5. The van der Waals surface area contributed by atoms with E-state index in [4.69, 9.17) is 27.9 Å². The molecule has 5 rings (SSSR count). The number of fused-ring (bicyclic) bond motifs is 2. The predicted molar refractivity (Wildman–Crippen MR) is 118 cm³/mol. The molecule has 29 heavy (non-hydrogen) atoms. The Morgan fingerprint density at radius 1 is 0.793 bits per heavy atom. The Morgan fingerprint density at radius 2 is 1.45 bits per heavy atom. The summed E-state index contributed by atoms with van der Waals surface area (Å²) < 4.78 is 10.5. The maximum Gasteiger partial charge on any atom is 0.237 e. The normalized spacial score (nSPS) is 10.8. The molecule has 0 spiro atoms. The Kier molecular flexibility index (Phi) is 6.00. The van der Waals surface area contributed by atoms with E-state index >= 15 is 0 Å². The molecule has 0 fully saturated rings. The molecule has 4 heterocycles. The standard InChI is InChI=1S/C12H7BrClN3O.C6H3BrClN3/c13-10-7-15-11-4-5-12(16-17(10)11)18-9-3-1-2-8(14)6-9;7-4-3-9-6-2-1-5(8)10-11(4)6/h1-7H;1-3H. The lowest BCUT2D eigenvalue weighted by Gasteiger charge is -2.05. The number of halogens is 4. The van der Waals surface area contributed by atoms with E-state index in [9.17, 15) is 0 Å². The molecule has 11 heteroatoms. The molecule has 0 aliphatic heterocycles. The minimum Gasteiger partial charge on any atom is -0.438 e. The van der Waals surface area contributed by atoms with Crippen LogP contribution < -0.4 is 4.74 Å². The summed E-state index contributed by atoms with van der Waals surface area (Å²) in [7, 11) is 0. The molecular formula is C18H10Br2Cl2N6O. The largest absolute Gasteiger partial charge is 0.438 e. The van der Waals surface area contributed by atoms with Gasteiger partial charge in [-0.3, -0.25) is 0 Å². The number of ether oxygens (including phenoxy) is 1. The lowest BCUT2D eigenvalue weighted by Crippen LogP contribution is -1.95. The van der Waals surface area contributed by atoms with Crippen LogP contribution in [0.5, 0.6) is 11.6 Å². The maximum atomic E-state index is 5.89. The molecule has 0 bridgehead atoms. The van der Waals surface area contributed by atoms with Gasteiger partial charge in [-0.15, -0.1) is 5.10 Å². The van der Waals surface area contributed by atoms with Gasteiger partial charge in [-0.2, -0.15) is 5.10 Å². The molecule has 7 nitrogen and oxygen atoms in total. The number of imidazole rings is 2. The number of aromatic nitrogens is 6. The Balaban J connectivity index is 0.000000159. The van der Waals surface area contributed by atoms with Crippen LogP contribution >= 0.6 is 55.1 Å². The van der Waals surface area contributed by atoms with E-state index in [2.05, 4.69) is 52.0 Å². The van der Waals surface area contributed by atoms with Crippen LogP contribution in [0.15, 0.2) is 70.1 Å². The highest BCUT2D eigenvalue weighted by Gasteiger charge is 2.05. The average molecular weight is 557 g/mol. The summed E-state index contributed by atoms with van der Waals surface area (Å²) in [5.74, 6) is 1.12. The van der Waals surface area contributed by atoms with Crippen molar-refractivity contribution in [3.63, 3.8) is 0 Å². The van der Waals surface area contributed by atoms with Gasteiger partial charge in [-0.05, 0) is 68.3 Å².